The van der Waals surface area contributed by atoms with Gasteiger partial charge < -0.3 is 23.8 Å². The van der Waals surface area contributed by atoms with E-state index >= 15 is 0 Å². The summed E-state index contributed by atoms with van der Waals surface area (Å²) in [5.74, 6) is -0.265. The number of carbonyl (C=O) groups excluding carboxylic acids is 1. The molecule has 0 rings (SSSR count). The van der Waals surface area contributed by atoms with E-state index in [-0.39, 0.29) is 19.2 Å². The molecule has 0 spiro atoms. The molecule has 180 valence electrons. The van der Waals surface area contributed by atoms with Gasteiger partial charge in [0.15, 0.2) is 0 Å². The monoisotopic (exact) mass is 468 g/mol. The van der Waals surface area contributed by atoms with Gasteiger partial charge in [-0.3, -0.25) is 4.79 Å². The Balaban J connectivity index is 3.39. The van der Waals surface area contributed by atoms with Gasteiger partial charge in [-0.2, -0.15) is 0 Å². The summed E-state index contributed by atoms with van der Waals surface area (Å²) in [6.07, 6.45) is 19.2. The minimum absolute atomic E-state index is 0.0173. The Labute approximate surface area is 189 Å². The lowest BCUT2D eigenvalue weighted by molar-refractivity contribution is -0.148. The van der Waals surface area contributed by atoms with Crippen molar-refractivity contribution in [2.75, 3.05) is 20.3 Å². The van der Waals surface area contributed by atoms with E-state index in [1.54, 1.807) is 0 Å². The molecule has 0 bridgehead atoms. The number of methoxy groups -OCH3 is 1. The van der Waals surface area contributed by atoms with E-state index in [0.29, 0.717) is 6.42 Å². The highest BCUT2D eigenvalue weighted by Crippen LogP contribution is 2.36. The van der Waals surface area contributed by atoms with Crippen molar-refractivity contribution in [1.82, 2.24) is 0 Å². The first kappa shape index (κ1) is 30.0. The number of hydrogen-bond acceptors (Lipinski definition) is 5. The molecule has 1 atom stereocenters. The Morgan fingerprint density at radius 1 is 0.800 bits per heavy atom. The molecule has 0 heterocycles. The van der Waals surface area contributed by atoms with Crippen LogP contribution in [0.15, 0.2) is 0 Å². The average Bonchev–Trinajstić information content (AvgIpc) is 2.70. The van der Waals surface area contributed by atoms with Gasteiger partial charge in [0.25, 0.3) is 0 Å². The van der Waals surface area contributed by atoms with Gasteiger partial charge in [0.05, 0.1) is 6.61 Å². The minimum atomic E-state index is -3.71. The van der Waals surface area contributed by atoms with Gasteiger partial charge in [-0.05, 0) is 18.2 Å². The van der Waals surface area contributed by atoms with E-state index in [1.807, 2.05) is 0 Å². The summed E-state index contributed by atoms with van der Waals surface area (Å²) in [5.41, 5.74) is 0. The smallest absolute Gasteiger partial charge is 0.321 e. The first-order chi connectivity index (χ1) is 14.4. The zero-order chi connectivity index (χ0) is 22.5. The second kappa shape index (κ2) is 20.8. The Kier molecular flexibility index (Phi) is 20.8. The van der Waals surface area contributed by atoms with Crippen molar-refractivity contribution in [3.63, 3.8) is 0 Å². The van der Waals surface area contributed by atoms with Crippen LogP contribution in [-0.2, 0) is 30.6 Å². The number of unbranched alkanes of at least 4 members (excludes halogenated alkanes) is 14. The number of esters is 1. The second-order valence-corrected chi connectivity index (χ2v) is 10.7. The lowest BCUT2D eigenvalue weighted by Crippen LogP contribution is -2.25. The maximum absolute atomic E-state index is 11.8. The highest BCUT2D eigenvalue weighted by Gasteiger charge is 2.16. The standard InChI is InChI=1S/C22H45O6PS/c1-3-4-5-6-7-8-9-10-11-12-13-14-15-16-17-18-22(23)27-19-21(26-2)20-28-29(24,25)30/h21H,3-20H2,1-2H3,(H2,24,25,30)/t21-/m0/s1. The lowest BCUT2D eigenvalue weighted by atomic mass is 10.0. The van der Waals surface area contributed by atoms with Gasteiger partial charge in [0, 0.05) is 13.5 Å². The lowest BCUT2D eigenvalue weighted by Gasteiger charge is -2.17. The quantitative estimate of drug-likeness (QED) is 0.114. The van der Waals surface area contributed by atoms with Gasteiger partial charge in [0.2, 0.25) is 0 Å². The summed E-state index contributed by atoms with van der Waals surface area (Å²) in [6.45, 7) is -1.55. The maximum Gasteiger partial charge on any atom is 0.321 e. The third kappa shape index (κ3) is 22.6. The van der Waals surface area contributed by atoms with Crippen molar-refractivity contribution < 1.29 is 28.6 Å². The van der Waals surface area contributed by atoms with Crippen LogP contribution in [0.2, 0.25) is 0 Å². The summed E-state index contributed by atoms with van der Waals surface area (Å²) in [5, 5.41) is 0. The van der Waals surface area contributed by atoms with E-state index in [9.17, 15) is 4.79 Å². The zero-order valence-corrected chi connectivity index (χ0v) is 20.9. The average molecular weight is 469 g/mol. The second-order valence-electron chi connectivity index (χ2n) is 8.03. The summed E-state index contributed by atoms with van der Waals surface area (Å²) in [7, 11) is 1.44. The van der Waals surface area contributed by atoms with Gasteiger partial charge in [-0.15, -0.1) is 0 Å². The molecule has 0 saturated carbocycles. The molecule has 0 unspecified atom stereocenters. The molecular weight excluding hydrogens is 423 g/mol. The number of hydrogen-bond donors (Lipinski definition) is 2. The van der Waals surface area contributed by atoms with Crippen LogP contribution in [0.5, 0.6) is 0 Å². The highest BCUT2D eigenvalue weighted by molar-refractivity contribution is 8.06. The van der Waals surface area contributed by atoms with Crippen LogP contribution in [0.1, 0.15) is 110 Å². The number of rotatable bonds is 22. The Morgan fingerprint density at radius 3 is 1.63 bits per heavy atom. The fourth-order valence-corrected chi connectivity index (χ4v) is 3.81. The molecule has 2 N–H and O–H groups in total. The molecular formula is C22H45O6PS. The summed E-state index contributed by atoms with van der Waals surface area (Å²) in [4.78, 5) is 29.8. The van der Waals surface area contributed by atoms with Crippen molar-refractivity contribution in [3.8, 4) is 0 Å². The van der Waals surface area contributed by atoms with Gasteiger partial charge in [-0.1, -0.05) is 96.8 Å². The van der Waals surface area contributed by atoms with Crippen LogP contribution < -0.4 is 0 Å². The first-order valence-electron chi connectivity index (χ1n) is 11.8. The van der Waals surface area contributed by atoms with Crippen LogP contribution in [0, 0.1) is 0 Å². The largest absolute Gasteiger partial charge is 0.463 e. The first-order valence-corrected chi connectivity index (χ1v) is 14.4. The predicted octanol–water partition coefficient (Wildman–Crippen LogP) is 6.03. The molecule has 0 aromatic carbocycles. The molecule has 0 aliphatic heterocycles. The Hall–Kier alpha value is -0.0400. The molecule has 0 aliphatic carbocycles. The molecule has 0 radical (unpaired) electrons. The number of carbonyl (C=O) groups is 1. The topological polar surface area (TPSA) is 85.2 Å². The molecule has 0 fully saturated rings. The third-order valence-electron chi connectivity index (χ3n) is 5.18. The van der Waals surface area contributed by atoms with Crippen LogP contribution in [0.25, 0.3) is 0 Å². The van der Waals surface area contributed by atoms with Crippen molar-refractivity contribution in [3.05, 3.63) is 0 Å². The number of ether oxygens (including phenoxy) is 2. The van der Waals surface area contributed by atoms with E-state index in [0.717, 1.165) is 19.3 Å². The van der Waals surface area contributed by atoms with Crippen molar-refractivity contribution >= 4 is 24.5 Å². The molecule has 30 heavy (non-hydrogen) atoms. The van der Waals surface area contributed by atoms with Crippen molar-refractivity contribution in [2.45, 2.75) is 116 Å². The molecule has 0 amide bonds. The predicted molar refractivity (Wildman–Crippen MR) is 126 cm³/mol. The Bertz CT molecular complexity index is 443. The van der Waals surface area contributed by atoms with Gasteiger partial charge in [0.1, 0.15) is 12.7 Å². The van der Waals surface area contributed by atoms with Crippen LogP contribution in [-0.4, -0.2) is 42.2 Å². The summed E-state index contributed by atoms with van der Waals surface area (Å²) < 4.78 is 15.0. The van der Waals surface area contributed by atoms with E-state index in [1.165, 1.54) is 84.2 Å². The van der Waals surface area contributed by atoms with E-state index in [2.05, 4.69) is 18.7 Å². The van der Waals surface area contributed by atoms with Gasteiger partial charge in [-0.25, -0.2) is 0 Å². The minimum Gasteiger partial charge on any atom is -0.463 e. The van der Waals surface area contributed by atoms with Crippen molar-refractivity contribution in [2.24, 2.45) is 0 Å². The molecule has 0 aromatic rings. The normalized spacial score (nSPS) is 12.8. The molecule has 0 aromatic heterocycles. The fourth-order valence-electron chi connectivity index (χ4n) is 3.26. The molecule has 6 nitrogen and oxygen atoms in total. The SMILES string of the molecule is CCCCCCCCCCCCCCCCCC(=O)OC[C@@H](COP(O)(O)=S)OC. The zero-order valence-electron chi connectivity index (χ0n) is 19.2. The maximum atomic E-state index is 11.8. The van der Waals surface area contributed by atoms with E-state index < -0.39 is 12.8 Å². The highest BCUT2D eigenvalue weighted by atomic mass is 32.5. The van der Waals surface area contributed by atoms with Crippen LogP contribution >= 0.6 is 6.72 Å². The van der Waals surface area contributed by atoms with Crippen LogP contribution in [0.3, 0.4) is 0 Å². The molecule has 0 saturated heterocycles. The molecule has 8 heteroatoms. The van der Waals surface area contributed by atoms with Gasteiger partial charge >= 0.3 is 12.7 Å². The summed E-state index contributed by atoms with van der Waals surface area (Å²) in [6, 6.07) is 0. The summed E-state index contributed by atoms with van der Waals surface area (Å²) >= 11 is 4.37. The molecule has 0 aliphatic rings. The van der Waals surface area contributed by atoms with Crippen LogP contribution in [0.4, 0.5) is 0 Å². The fraction of sp³-hybridized carbons (Fsp3) is 0.955. The van der Waals surface area contributed by atoms with E-state index in [4.69, 9.17) is 23.8 Å². The van der Waals surface area contributed by atoms with Crippen molar-refractivity contribution in [1.29, 1.82) is 0 Å². The Morgan fingerprint density at radius 2 is 1.23 bits per heavy atom. The third-order valence-corrected chi connectivity index (χ3v) is 5.98.